The molecule has 4 nitrogen and oxygen atoms in total. The zero-order valence-electron chi connectivity index (χ0n) is 10.2. The smallest absolute Gasteiger partial charge is 0.319 e. The number of rotatable bonds is 5. The van der Waals surface area contributed by atoms with Crippen molar-refractivity contribution in [3.05, 3.63) is 15.6 Å². The zero-order valence-corrected chi connectivity index (χ0v) is 11.0. The van der Waals surface area contributed by atoms with Crippen molar-refractivity contribution in [2.75, 3.05) is 13.2 Å². The maximum absolute atomic E-state index is 11.2. The van der Waals surface area contributed by atoms with Crippen molar-refractivity contribution in [3.8, 4) is 0 Å². The van der Waals surface area contributed by atoms with Gasteiger partial charge in [0.05, 0.1) is 23.9 Å². The number of ether oxygens (including phenoxy) is 1. The largest absolute Gasteiger partial charge is 0.465 e. The molecule has 1 unspecified atom stereocenters. The van der Waals surface area contributed by atoms with Gasteiger partial charge in [-0.05, 0) is 27.7 Å². The van der Waals surface area contributed by atoms with Crippen LogP contribution in [0, 0.1) is 13.8 Å². The van der Waals surface area contributed by atoms with Crippen molar-refractivity contribution < 1.29 is 9.53 Å². The Morgan fingerprint density at radius 3 is 2.75 bits per heavy atom. The van der Waals surface area contributed by atoms with E-state index in [0.29, 0.717) is 6.61 Å². The molecule has 90 valence electrons. The first kappa shape index (κ1) is 13.1. The van der Waals surface area contributed by atoms with E-state index in [1.165, 1.54) is 4.88 Å². The van der Waals surface area contributed by atoms with Crippen molar-refractivity contribution in [2.24, 2.45) is 0 Å². The first-order chi connectivity index (χ1) is 7.54. The Balaban J connectivity index is 2.49. The average molecular weight is 242 g/mol. The molecule has 5 heteroatoms. The van der Waals surface area contributed by atoms with Crippen molar-refractivity contribution in [1.82, 2.24) is 10.3 Å². The van der Waals surface area contributed by atoms with E-state index in [0.717, 1.165) is 10.7 Å². The van der Waals surface area contributed by atoms with Gasteiger partial charge < -0.3 is 4.74 Å². The fraction of sp³-hybridized carbons (Fsp3) is 0.636. The van der Waals surface area contributed by atoms with E-state index in [9.17, 15) is 4.79 Å². The van der Waals surface area contributed by atoms with Gasteiger partial charge in [0.1, 0.15) is 0 Å². The summed E-state index contributed by atoms with van der Waals surface area (Å²) < 4.78 is 4.85. The highest BCUT2D eigenvalue weighted by Crippen LogP contribution is 2.23. The first-order valence-corrected chi connectivity index (χ1v) is 6.19. The highest BCUT2D eigenvalue weighted by Gasteiger charge is 2.13. The normalized spacial score (nSPS) is 12.5. The van der Waals surface area contributed by atoms with Gasteiger partial charge in [-0.2, -0.15) is 0 Å². The molecule has 16 heavy (non-hydrogen) atoms. The summed E-state index contributed by atoms with van der Waals surface area (Å²) >= 11 is 1.66. The number of esters is 1. The minimum absolute atomic E-state index is 0.135. The molecule has 1 aromatic heterocycles. The molecule has 0 amide bonds. The molecule has 0 aliphatic rings. The van der Waals surface area contributed by atoms with Crippen LogP contribution in [0.2, 0.25) is 0 Å². The number of carbonyl (C=O) groups is 1. The highest BCUT2D eigenvalue weighted by atomic mass is 32.1. The standard InChI is InChI=1S/C11H18N2O2S/c1-5-15-10(14)6-12-7(2)11-8(3)13-9(4)16-11/h7,12H,5-6H2,1-4H3. The number of aromatic nitrogens is 1. The predicted molar refractivity (Wildman–Crippen MR) is 64.6 cm³/mol. The quantitative estimate of drug-likeness (QED) is 0.802. The molecule has 0 fully saturated rings. The number of nitrogens with zero attached hydrogens (tertiary/aromatic N) is 1. The van der Waals surface area contributed by atoms with Gasteiger partial charge in [-0.1, -0.05) is 0 Å². The van der Waals surface area contributed by atoms with Crippen molar-refractivity contribution in [1.29, 1.82) is 0 Å². The third-order valence-electron chi connectivity index (χ3n) is 2.19. The van der Waals surface area contributed by atoms with Crippen LogP contribution in [0.4, 0.5) is 0 Å². The summed E-state index contributed by atoms with van der Waals surface area (Å²) in [7, 11) is 0. The molecular weight excluding hydrogens is 224 g/mol. The molecule has 0 saturated carbocycles. The van der Waals surface area contributed by atoms with E-state index in [-0.39, 0.29) is 18.6 Å². The summed E-state index contributed by atoms with van der Waals surface area (Å²) in [6.45, 7) is 8.47. The van der Waals surface area contributed by atoms with Crippen molar-refractivity contribution >= 4 is 17.3 Å². The maximum atomic E-state index is 11.2. The van der Waals surface area contributed by atoms with Gasteiger partial charge >= 0.3 is 5.97 Å². The summed E-state index contributed by atoms with van der Waals surface area (Å²) in [5.41, 5.74) is 1.03. The van der Waals surface area contributed by atoms with E-state index in [4.69, 9.17) is 4.74 Å². The van der Waals surface area contributed by atoms with Crippen LogP contribution in [-0.4, -0.2) is 24.1 Å². The third kappa shape index (κ3) is 3.57. The summed E-state index contributed by atoms with van der Waals surface area (Å²) in [5, 5.41) is 4.19. The SMILES string of the molecule is CCOC(=O)CNC(C)c1sc(C)nc1C. The second-order valence-corrected chi connectivity index (χ2v) is 4.82. The van der Waals surface area contributed by atoms with Gasteiger partial charge in [0.2, 0.25) is 0 Å². The zero-order chi connectivity index (χ0) is 12.1. The lowest BCUT2D eigenvalue weighted by molar-refractivity contribution is -0.142. The fourth-order valence-electron chi connectivity index (χ4n) is 1.49. The van der Waals surface area contributed by atoms with E-state index in [1.807, 2.05) is 20.8 Å². The Hall–Kier alpha value is -0.940. The minimum Gasteiger partial charge on any atom is -0.465 e. The molecule has 1 rings (SSSR count). The Bertz CT molecular complexity index is 363. The Kier molecular flexibility index (Phi) is 4.89. The van der Waals surface area contributed by atoms with Crippen molar-refractivity contribution in [3.63, 3.8) is 0 Å². The topological polar surface area (TPSA) is 51.2 Å². The van der Waals surface area contributed by atoms with Gasteiger partial charge in [0, 0.05) is 10.9 Å². The number of hydrogen-bond acceptors (Lipinski definition) is 5. The number of carbonyl (C=O) groups excluding carboxylic acids is 1. The summed E-state index contributed by atoms with van der Waals surface area (Å²) in [6.07, 6.45) is 0. The van der Waals surface area contributed by atoms with Crippen LogP contribution < -0.4 is 5.32 Å². The molecule has 1 atom stereocenters. The number of nitrogens with one attached hydrogen (secondary N) is 1. The van der Waals surface area contributed by atoms with Gasteiger partial charge in [-0.15, -0.1) is 11.3 Å². The van der Waals surface area contributed by atoms with Gasteiger partial charge in [-0.3, -0.25) is 10.1 Å². The summed E-state index contributed by atoms with van der Waals surface area (Å²) in [4.78, 5) is 16.7. The molecule has 1 heterocycles. The number of aryl methyl sites for hydroxylation is 2. The van der Waals surface area contributed by atoms with E-state index in [2.05, 4.69) is 10.3 Å². The molecule has 0 aliphatic carbocycles. The Labute approximate surface area is 100 Å². The Morgan fingerprint density at radius 1 is 1.56 bits per heavy atom. The van der Waals surface area contributed by atoms with Crippen LogP contribution in [-0.2, 0) is 9.53 Å². The average Bonchev–Trinajstić information content (AvgIpc) is 2.55. The molecule has 0 radical (unpaired) electrons. The monoisotopic (exact) mass is 242 g/mol. The van der Waals surface area contributed by atoms with Crippen LogP contribution in [0.1, 0.15) is 35.5 Å². The third-order valence-corrected chi connectivity index (χ3v) is 3.45. The number of thiazole rings is 1. The molecule has 1 N–H and O–H groups in total. The van der Waals surface area contributed by atoms with Gasteiger partial charge in [0.25, 0.3) is 0 Å². The lowest BCUT2D eigenvalue weighted by Gasteiger charge is -2.11. The molecule has 0 saturated heterocycles. The first-order valence-electron chi connectivity index (χ1n) is 5.37. The van der Waals surface area contributed by atoms with Gasteiger partial charge in [-0.25, -0.2) is 4.98 Å². The molecule has 0 aromatic carbocycles. The van der Waals surface area contributed by atoms with Crippen molar-refractivity contribution in [2.45, 2.75) is 33.7 Å². The van der Waals surface area contributed by atoms with E-state index >= 15 is 0 Å². The minimum atomic E-state index is -0.215. The number of hydrogen-bond donors (Lipinski definition) is 1. The van der Waals surface area contributed by atoms with Gasteiger partial charge in [0.15, 0.2) is 0 Å². The lowest BCUT2D eigenvalue weighted by Crippen LogP contribution is -2.27. The van der Waals surface area contributed by atoms with Crippen LogP contribution in [0.25, 0.3) is 0 Å². The van der Waals surface area contributed by atoms with Crippen LogP contribution in [0.3, 0.4) is 0 Å². The lowest BCUT2D eigenvalue weighted by atomic mass is 10.2. The highest BCUT2D eigenvalue weighted by molar-refractivity contribution is 7.11. The van der Waals surface area contributed by atoms with Crippen LogP contribution in [0.5, 0.6) is 0 Å². The molecule has 0 bridgehead atoms. The maximum Gasteiger partial charge on any atom is 0.319 e. The summed E-state index contributed by atoms with van der Waals surface area (Å²) in [6, 6.07) is 0.135. The Morgan fingerprint density at radius 2 is 2.25 bits per heavy atom. The fourth-order valence-corrected chi connectivity index (χ4v) is 2.44. The van der Waals surface area contributed by atoms with E-state index < -0.39 is 0 Å². The second-order valence-electron chi connectivity index (χ2n) is 3.59. The van der Waals surface area contributed by atoms with E-state index in [1.54, 1.807) is 18.3 Å². The molecule has 0 aliphatic heterocycles. The second kappa shape index (κ2) is 5.96. The molecule has 0 spiro atoms. The van der Waals surface area contributed by atoms with Crippen LogP contribution in [0.15, 0.2) is 0 Å². The molecule has 1 aromatic rings. The van der Waals surface area contributed by atoms with Crippen LogP contribution >= 0.6 is 11.3 Å². The predicted octanol–water partition coefficient (Wildman–Crippen LogP) is 1.97. The summed E-state index contributed by atoms with van der Waals surface area (Å²) in [5.74, 6) is -0.215. The molecular formula is C11H18N2O2S.